The van der Waals surface area contributed by atoms with E-state index in [1.165, 1.54) is 16.2 Å². The zero-order valence-electron chi connectivity index (χ0n) is 10.7. The normalized spacial score (nSPS) is 10.2. The summed E-state index contributed by atoms with van der Waals surface area (Å²) in [6, 6.07) is 0. The molecule has 0 aliphatic rings. The summed E-state index contributed by atoms with van der Waals surface area (Å²) >= 11 is 7.34. The van der Waals surface area contributed by atoms with Crippen molar-refractivity contribution >= 4 is 34.8 Å². The van der Waals surface area contributed by atoms with E-state index in [0.29, 0.717) is 23.1 Å². The Balaban J connectivity index is 2.80. The average molecular weight is 290 g/mol. The fourth-order valence-corrected chi connectivity index (χ4v) is 2.65. The molecular formula is C12H16ClNO3S. The lowest BCUT2D eigenvalue weighted by atomic mass is 10.3. The monoisotopic (exact) mass is 289 g/mol. The van der Waals surface area contributed by atoms with Gasteiger partial charge >= 0.3 is 5.97 Å². The van der Waals surface area contributed by atoms with Crippen LogP contribution in [0, 0.1) is 6.92 Å². The van der Waals surface area contributed by atoms with Gasteiger partial charge in [-0.05, 0) is 31.7 Å². The van der Waals surface area contributed by atoms with E-state index in [1.807, 2.05) is 19.2 Å². The highest BCUT2D eigenvalue weighted by molar-refractivity contribution is 7.13. The van der Waals surface area contributed by atoms with E-state index in [0.717, 1.165) is 5.56 Å². The molecule has 0 N–H and O–H groups in total. The fourth-order valence-electron chi connectivity index (χ4n) is 1.41. The third-order valence-corrected chi connectivity index (χ3v) is 4.07. The number of hydrogen-bond acceptors (Lipinski definition) is 4. The van der Waals surface area contributed by atoms with Crippen LogP contribution >= 0.6 is 22.9 Å². The molecule has 0 spiro atoms. The molecule has 1 aromatic heterocycles. The lowest BCUT2D eigenvalue weighted by Gasteiger charge is -2.19. The predicted octanol–water partition coefficient (Wildman–Crippen LogP) is 2.74. The average Bonchev–Trinajstić information content (AvgIpc) is 2.67. The smallest absolute Gasteiger partial charge is 0.325 e. The first kappa shape index (κ1) is 15.0. The summed E-state index contributed by atoms with van der Waals surface area (Å²) in [5.74, 6) is -0.634. The summed E-state index contributed by atoms with van der Waals surface area (Å²) in [6.45, 7) is 6.09. The summed E-state index contributed by atoms with van der Waals surface area (Å²) in [6.07, 6.45) is 0. The number of ether oxygens (including phenoxy) is 1. The van der Waals surface area contributed by atoms with E-state index in [4.69, 9.17) is 16.3 Å². The molecule has 0 radical (unpaired) electrons. The number of hydrogen-bond donors (Lipinski definition) is 0. The second-order valence-electron chi connectivity index (χ2n) is 3.69. The Hall–Kier alpha value is -1.07. The third-order valence-electron chi connectivity index (χ3n) is 2.39. The number of aryl methyl sites for hydroxylation is 1. The molecule has 0 aliphatic carbocycles. The van der Waals surface area contributed by atoms with Gasteiger partial charge in [-0.3, -0.25) is 9.59 Å². The van der Waals surface area contributed by atoms with Gasteiger partial charge in [-0.15, -0.1) is 11.3 Å². The molecule has 1 aromatic rings. The third kappa shape index (κ3) is 3.46. The van der Waals surface area contributed by atoms with E-state index in [9.17, 15) is 9.59 Å². The minimum Gasteiger partial charge on any atom is -0.465 e. The maximum Gasteiger partial charge on any atom is 0.325 e. The van der Waals surface area contributed by atoms with Crippen molar-refractivity contribution in [3.8, 4) is 0 Å². The van der Waals surface area contributed by atoms with Gasteiger partial charge in [0.2, 0.25) is 0 Å². The molecule has 100 valence electrons. The van der Waals surface area contributed by atoms with Crippen molar-refractivity contribution < 1.29 is 14.3 Å². The van der Waals surface area contributed by atoms with E-state index < -0.39 is 5.97 Å². The SMILES string of the molecule is CCOC(=O)CN(CC)C(=O)c1scc(C)c1Cl. The number of likely N-dealkylation sites (N-methyl/N-ethyl adjacent to an activating group) is 1. The van der Waals surface area contributed by atoms with E-state index in [-0.39, 0.29) is 12.5 Å². The fraction of sp³-hybridized carbons (Fsp3) is 0.500. The predicted molar refractivity (Wildman–Crippen MR) is 72.3 cm³/mol. The molecule has 0 aliphatic heterocycles. The molecule has 0 fully saturated rings. The Bertz CT molecular complexity index is 445. The Morgan fingerprint density at radius 1 is 1.44 bits per heavy atom. The summed E-state index contributed by atoms with van der Waals surface area (Å²) in [7, 11) is 0. The van der Waals surface area contributed by atoms with Crippen LogP contribution in [0.15, 0.2) is 5.38 Å². The summed E-state index contributed by atoms with van der Waals surface area (Å²) in [5.41, 5.74) is 0.872. The second-order valence-corrected chi connectivity index (χ2v) is 4.94. The molecule has 0 atom stereocenters. The van der Waals surface area contributed by atoms with Crippen LogP contribution in [-0.4, -0.2) is 36.5 Å². The summed E-state index contributed by atoms with van der Waals surface area (Å²) < 4.78 is 4.83. The first-order valence-electron chi connectivity index (χ1n) is 5.69. The highest BCUT2D eigenvalue weighted by Gasteiger charge is 2.22. The van der Waals surface area contributed by atoms with Gasteiger partial charge in [0.1, 0.15) is 11.4 Å². The van der Waals surface area contributed by atoms with Crippen LogP contribution in [0.2, 0.25) is 5.02 Å². The second kappa shape index (κ2) is 6.75. The quantitative estimate of drug-likeness (QED) is 0.783. The van der Waals surface area contributed by atoms with Crippen molar-refractivity contribution in [2.24, 2.45) is 0 Å². The molecular weight excluding hydrogens is 274 g/mol. The molecule has 4 nitrogen and oxygen atoms in total. The van der Waals surface area contributed by atoms with Gasteiger partial charge in [0.25, 0.3) is 5.91 Å². The number of nitrogens with zero attached hydrogens (tertiary/aromatic N) is 1. The van der Waals surface area contributed by atoms with Crippen LogP contribution in [0.25, 0.3) is 0 Å². The van der Waals surface area contributed by atoms with E-state index >= 15 is 0 Å². The first-order chi connectivity index (χ1) is 8.51. The number of amides is 1. The van der Waals surface area contributed by atoms with Crippen LogP contribution in [-0.2, 0) is 9.53 Å². The zero-order valence-corrected chi connectivity index (χ0v) is 12.2. The van der Waals surface area contributed by atoms with Crippen molar-refractivity contribution in [2.45, 2.75) is 20.8 Å². The van der Waals surface area contributed by atoms with Crippen LogP contribution in [0.4, 0.5) is 0 Å². The highest BCUT2D eigenvalue weighted by Crippen LogP contribution is 2.28. The molecule has 1 heterocycles. The Morgan fingerprint density at radius 2 is 2.11 bits per heavy atom. The number of esters is 1. The Morgan fingerprint density at radius 3 is 2.56 bits per heavy atom. The van der Waals surface area contributed by atoms with Crippen molar-refractivity contribution in [3.05, 3.63) is 20.8 Å². The van der Waals surface area contributed by atoms with Crippen molar-refractivity contribution in [2.75, 3.05) is 19.7 Å². The van der Waals surface area contributed by atoms with Gasteiger partial charge in [-0.1, -0.05) is 11.6 Å². The Kier molecular flexibility index (Phi) is 5.62. The number of carbonyl (C=O) groups excluding carboxylic acids is 2. The minimum absolute atomic E-state index is 0.0452. The Labute approximate surface area is 115 Å². The lowest BCUT2D eigenvalue weighted by molar-refractivity contribution is -0.143. The van der Waals surface area contributed by atoms with Crippen LogP contribution in [0.5, 0.6) is 0 Å². The molecule has 1 rings (SSSR count). The molecule has 6 heteroatoms. The topological polar surface area (TPSA) is 46.6 Å². The lowest BCUT2D eigenvalue weighted by Crippen LogP contribution is -2.36. The van der Waals surface area contributed by atoms with Gasteiger partial charge in [0, 0.05) is 6.54 Å². The van der Waals surface area contributed by atoms with Crippen molar-refractivity contribution in [1.29, 1.82) is 0 Å². The maximum absolute atomic E-state index is 12.2. The molecule has 18 heavy (non-hydrogen) atoms. The number of carbonyl (C=O) groups is 2. The number of thiophene rings is 1. The van der Waals surface area contributed by atoms with Crippen LogP contribution < -0.4 is 0 Å². The van der Waals surface area contributed by atoms with Gasteiger partial charge in [0.05, 0.1) is 11.6 Å². The standard InChI is InChI=1S/C12H16ClNO3S/c1-4-14(6-9(15)17-5-2)12(16)11-10(13)8(3)7-18-11/h7H,4-6H2,1-3H3. The summed E-state index contributed by atoms with van der Waals surface area (Å²) in [4.78, 5) is 25.5. The van der Waals surface area contributed by atoms with Gasteiger partial charge < -0.3 is 9.64 Å². The van der Waals surface area contributed by atoms with Crippen LogP contribution in [0.1, 0.15) is 29.1 Å². The number of rotatable bonds is 5. The minimum atomic E-state index is -0.405. The number of halogens is 1. The highest BCUT2D eigenvalue weighted by atomic mass is 35.5. The molecule has 0 unspecified atom stereocenters. The van der Waals surface area contributed by atoms with E-state index in [1.54, 1.807) is 6.92 Å². The largest absolute Gasteiger partial charge is 0.465 e. The zero-order chi connectivity index (χ0) is 13.7. The first-order valence-corrected chi connectivity index (χ1v) is 6.95. The van der Waals surface area contributed by atoms with Gasteiger partial charge in [-0.2, -0.15) is 0 Å². The maximum atomic E-state index is 12.2. The molecule has 0 bridgehead atoms. The van der Waals surface area contributed by atoms with Crippen molar-refractivity contribution in [3.63, 3.8) is 0 Å². The summed E-state index contributed by atoms with van der Waals surface area (Å²) in [5, 5.41) is 2.29. The van der Waals surface area contributed by atoms with Gasteiger partial charge in [-0.25, -0.2) is 0 Å². The molecule has 1 amide bonds. The molecule has 0 aromatic carbocycles. The molecule has 0 saturated carbocycles. The van der Waals surface area contributed by atoms with E-state index in [2.05, 4.69) is 0 Å². The van der Waals surface area contributed by atoms with Crippen LogP contribution in [0.3, 0.4) is 0 Å². The molecule has 0 saturated heterocycles. The van der Waals surface area contributed by atoms with Crippen molar-refractivity contribution in [1.82, 2.24) is 4.90 Å². The van der Waals surface area contributed by atoms with Gasteiger partial charge in [0.15, 0.2) is 0 Å².